The van der Waals surface area contributed by atoms with Crippen molar-refractivity contribution >= 4 is 16.6 Å². The largest absolute Gasteiger partial charge is 0.493 e. The van der Waals surface area contributed by atoms with Crippen molar-refractivity contribution in [3.8, 4) is 16.9 Å². The summed E-state index contributed by atoms with van der Waals surface area (Å²) in [7, 11) is 2.15. The monoisotopic (exact) mass is 441 g/mol. The molecule has 33 heavy (non-hydrogen) atoms. The number of pyridine rings is 1. The first-order valence-corrected chi connectivity index (χ1v) is 11.2. The van der Waals surface area contributed by atoms with Crippen molar-refractivity contribution in [2.45, 2.75) is 25.9 Å². The van der Waals surface area contributed by atoms with Gasteiger partial charge in [-0.1, -0.05) is 18.2 Å². The molecule has 4 aromatic rings. The van der Waals surface area contributed by atoms with E-state index >= 15 is 0 Å². The fourth-order valence-corrected chi connectivity index (χ4v) is 4.90. The lowest BCUT2D eigenvalue weighted by Gasteiger charge is -2.25. The molecule has 2 aromatic carbocycles. The molecule has 1 N–H and O–H groups in total. The molecule has 2 aromatic heterocycles. The summed E-state index contributed by atoms with van der Waals surface area (Å²) < 4.78 is 20.2. The molecule has 2 aliphatic heterocycles. The van der Waals surface area contributed by atoms with Crippen LogP contribution in [0.2, 0.25) is 0 Å². The van der Waals surface area contributed by atoms with Crippen LogP contribution in [0.5, 0.6) is 5.75 Å². The molecule has 0 amide bonds. The van der Waals surface area contributed by atoms with Gasteiger partial charge < -0.3 is 15.0 Å². The van der Waals surface area contributed by atoms with Crippen LogP contribution in [0.4, 0.5) is 10.2 Å². The summed E-state index contributed by atoms with van der Waals surface area (Å²) in [6, 6.07) is 9.82. The average molecular weight is 442 g/mol. The molecule has 7 heteroatoms. The molecule has 0 spiro atoms. The van der Waals surface area contributed by atoms with E-state index in [-0.39, 0.29) is 5.82 Å². The molecule has 2 aliphatic rings. The Hall–Kier alpha value is -3.58. The summed E-state index contributed by atoms with van der Waals surface area (Å²) in [5, 5.41) is 13.4. The SMILES string of the molecule is CN1CCc2cc(-c3cnc(NCc4c(F)ccc5c4CCO5)c4cnncc34)ccc2C1. The number of rotatable bonds is 4. The van der Waals surface area contributed by atoms with Gasteiger partial charge in [-0.15, -0.1) is 0 Å². The van der Waals surface area contributed by atoms with Gasteiger partial charge in [-0.05, 0) is 42.3 Å². The van der Waals surface area contributed by atoms with Gasteiger partial charge in [0.2, 0.25) is 0 Å². The van der Waals surface area contributed by atoms with Gasteiger partial charge >= 0.3 is 0 Å². The number of hydrogen-bond donors (Lipinski definition) is 1. The van der Waals surface area contributed by atoms with Crippen molar-refractivity contribution in [2.24, 2.45) is 0 Å². The summed E-state index contributed by atoms with van der Waals surface area (Å²) in [5.74, 6) is 1.21. The Balaban J connectivity index is 1.35. The Morgan fingerprint density at radius 3 is 2.82 bits per heavy atom. The standard InChI is InChI=1S/C26H24FN5O/c1-32-8-6-16-10-17(2-3-18(16)15-32)20-11-28-26(23-14-31-30-13-21(20)23)29-12-22-19-7-9-33-25(19)5-4-24(22)27/h2-5,10-11,13-14H,6-9,12,15H2,1H3,(H,28,29). The molecule has 0 bridgehead atoms. The molecule has 0 saturated carbocycles. The van der Waals surface area contributed by atoms with Crippen molar-refractivity contribution < 1.29 is 9.13 Å². The Labute approximate surface area is 191 Å². The highest BCUT2D eigenvalue weighted by molar-refractivity contribution is 6.00. The Bertz CT molecular complexity index is 1370. The minimum absolute atomic E-state index is 0.229. The molecule has 0 radical (unpaired) electrons. The van der Waals surface area contributed by atoms with Crippen molar-refractivity contribution in [1.29, 1.82) is 0 Å². The van der Waals surface area contributed by atoms with Gasteiger partial charge in [-0.25, -0.2) is 9.37 Å². The van der Waals surface area contributed by atoms with Crippen LogP contribution in [-0.2, 0) is 25.9 Å². The molecule has 0 fully saturated rings. The third-order valence-corrected chi connectivity index (χ3v) is 6.69. The van der Waals surface area contributed by atoms with E-state index in [1.807, 2.05) is 6.20 Å². The second-order valence-corrected chi connectivity index (χ2v) is 8.76. The molecule has 0 saturated heterocycles. The van der Waals surface area contributed by atoms with E-state index in [1.54, 1.807) is 18.5 Å². The first-order chi connectivity index (χ1) is 16.2. The maximum atomic E-state index is 14.6. The van der Waals surface area contributed by atoms with E-state index in [4.69, 9.17) is 9.72 Å². The van der Waals surface area contributed by atoms with Crippen molar-refractivity contribution in [1.82, 2.24) is 20.1 Å². The van der Waals surface area contributed by atoms with Crippen molar-refractivity contribution in [3.63, 3.8) is 0 Å². The molecule has 4 heterocycles. The maximum absolute atomic E-state index is 14.6. The number of anilines is 1. The first-order valence-electron chi connectivity index (χ1n) is 11.2. The zero-order valence-electron chi connectivity index (χ0n) is 18.4. The molecule has 0 unspecified atom stereocenters. The van der Waals surface area contributed by atoms with Crippen LogP contribution in [-0.4, -0.2) is 40.3 Å². The number of nitrogens with one attached hydrogen (secondary N) is 1. The average Bonchev–Trinajstić information content (AvgIpc) is 3.32. The number of hydrogen-bond acceptors (Lipinski definition) is 6. The van der Waals surface area contributed by atoms with E-state index < -0.39 is 0 Å². The highest BCUT2D eigenvalue weighted by Gasteiger charge is 2.20. The fraction of sp³-hybridized carbons (Fsp3) is 0.269. The van der Waals surface area contributed by atoms with E-state index in [9.17, 15) is 4.39 Å². The minimum atomic E-state index is -0.229. The lowest BCUT2D eigenvalue weighted by molar-refractivity contribution is 0.313. The second-order valence-electron chi connectivity index (χ2n) is 8.76. The topological polar surface area (TPSA) is 63.2 Å². The van der Waals surface area contributed by atoms with Crippen molar-refractivity contribution in [2.75, 3.05) is 25.5 Å². The Kier molecular flexibility index (Phi) is 4.91. The molecule has 166 valence electrons. The number of nitrogens with zero attached hydrogens (tertiary/aromatic N) is 4. The number of benzene rings is 2. The summed E-state index contributed by atoms with van der Waals surface area (Å²) in [6.45, 7) is 2.96. The second kappa shape index (κ2) is 8.08. The Morgan fingerprint density at radius 2 is 1.91 bits per heavy atom. The van der Waals surface area contributed by atoms with Crippen LogP contribution in [0.25, 0.3) is 21.9 Å². The predicted octanol–water partition coefficient (Wildman–Crippen LogP) is 4.37. The highest BCUT2D eigenvalue weighted by atomic mass is 19.1. The van der Waals surface area contributed by atoms with E-state index in [1.165, 1.54) is 17.2 Å². The third-order valence-electron chi connectivity index (χ3n) is 6.69. The van der Waals surface area contributed by atoms with Gasteiger partial charge in [0, 0.05) is 59.7 Å². The van der Waals surface area contributed by atoms with Crippen LogP contribution in [0.1, 0.15) is 22.3 Å². The lowest BCUT2D eigenvalue weighted by Crippen LogP contribution is -2.26. The minimum Gasteiger partial charge on any atom is -0.493 e. The number of aromatic nitrogens is 3. The van der Waals surface area contributed by atoms with Crippen LogP contribution in [0.15, 0.2) is 48.9 Å². The number of fused-ring (bicyclic) bond motifs is 3. The van der Waals surface area contributed by atoms with E-state index in [0.29, 0.717) is 24.5 Å². The first kappa shape index (κ1) is 20.1. The smallest absolute Gasteiger partial charge is 0.135 e. The van der Waals surface area contributed by atoms with Crippen LogP contribution < -0.4 is 10.1 Å². The number of halogens is 1. The third kappa shape index (κ3) is 3.58. The molecule has 0 atom stereocenters. The summed E-state index contributed by atoms with van der Waals surface area (Å²) in [6.07, 6.45) is 7.13. The quantitative estimate of drug-likeness (QED) is 0.508. The maximum Gasteiger partial charge on any atom is 0.135 e. The van der Waals surface area contributed by atoms with Crippen LogP contribution in [0.3, 0.4) is 0 Å². The molecular weight excluding hydrogens is 417 g/mol. The van der Waals surface area contributed by atoms with Gasteiger partial charge in [0.15, 0.2) is 0 Å². The van der Waals surface area contributed by atoms with E-state index in [0.717, 1.165) is 59.1 Å². The summed E-state index contributed by atoms with van der Waals surface area (Å²) in [4.78, 5) is 7.04. The molecule has 6 nitrogen and oxygen atoms in total. The van der Waals surface area contributed by atoms with Crippen LogP contribution >= 0.6 is 0 Å². The zero-order valence-corrected chi connectivity index (χ0v) is 18.4. The lowest BCUT2D eigenvalue weighted by atomic mass is 9.94. The van der Waals surface area contributed by atoms with Crippen molar-refractivity contribution in [3.05, 3.63) is 77.0 Å². The number of likely N-dealkylation sites (N-methyl/N-ethyl adjacent to an activating group) is 1. The van der Waals surface area contributed by atoms with E-state index in [2.05, 4.69) is 45.7 Å². The van der Waals surface area contributed by atoms with Gasteiger partial charge in [0.05, 0.1) is 19.0 Å². The highest BCUT2D eigenvalue weighted by Crippen LogP contribution is 2.34. The fourth-order valence-electron chi connectivity index (χ4n) is 4.90. The summed E-state index contributed by atoms with van der Waals surface area (Å²) >= 11 is 0. The molecule has 6 rings (SSSR count). The van der Waals surface area contributed by atoms with Crippen LogP contribution in [0, 0.1) is 5.82 Å². The normalized spacial score (nSPS) is 15.2. The van der Waals surface area contributed by atoms with Gasteiger partial charge in [0.25, 0.3) is 0 Å². The number of ether oxygens (including phenoxy) is 1. The zero-order chi connectivity index (χ0) is 22.4. The van der Waals surface area contributed by atoms with Gasteiger partial charge in [0.1, 0.15) is 17.4 Å². The summed E-state index contributed by atoms with van der Waals surface area (Å²) in [5.41, 5.74) is 6.48. The van der Waals surface area contributed by atoms with Gasteiger partial charge in [-0.3, -0.25) is 0 Å². The predicted molar refractivity (Wildman–Crippen MR) is 126 cm³/mol. The molecule has 0 aliphatic carbocycles. The van der Waals surface area contributed by atoms with Gasteiger partial charge in [-0.2, -0.15) is 10.2 Å². The molecular formula is C26H24FN5O. The Morgan fingerprint density at radius 1 is 1.03 bits per heavy atom.